The topological polar surface area (TPSA) is 79.3 Å². The Bertz CT molecular complexity index is 753. The van der Waals surface area contributed by atoms with Crippen molar-refractivity contribution in [2.45, 2.75) is 25.9 Å². The first-order chi connectivity index (χ1) is 10.1. The average Bonchev–Trinajstić information content (AvgIpc) is 2.75. The largest absolute Gasteiger partial charge is 0.477 e. The first kappa shape index (κ1) is 16.2. The molecule has 0 saturated carbocycles. The van der Waals surface area contributed by atoms with Gasteiger partial charge in [0.05, 0.1) is 5.69 Å². The number of anilines is 1. The molecule has 9 heteroatoms. The van der Waals surface area contributed by atoms with E-state index in [0.29, 0.717) is 5.69 Å². The molecule has 0 aliphatic carbocycles. The van der Waals surface area contributed by atoms with Crippen LogP contribution in [0.1, 0.15) is 35.1 Å². The summed E-state index contributed by atoms with van der Waals surface area (Å²) in [5.74, 6) is -3.57. The number of aromatic carboxylic acids is 1. The fraction of sp³-hybridized carbons (Fsp3) is 0.308. The van der Waals surface area contributed by atoms with Crippen LogP contribution in [0.2, 0.25) is 0 Å². The highest BCUT2D eigenvalue weighted by Crippen LogP contribution is 2.36. The van der Waals surface area contributed by atoms with Gasteiger partial charge in [0, 0.05) is 11.1 Å². The Morgan fingerprint density at radius 1 is 1.32 bits per heavy atom. The zero-order valence-electron chi connectivity index (χ0n) is 11.5. The highest BCUT2D eigenvalue weighted by atomic mass is 32.1. The van der Waals surface area contributed by atoms with Crippen LogP contribution in [0.15, 0.2) is 12.1 Å². The number of hydrogen-bond acceptors (Lipinski definition) is 4. The second-order valence-corrected chi connectivity index (χ2v) is 5.81. The summed E-state index contributed by atoms with van der Waals surface area (Å²) in [6.45, 7) is 3.76. The van der Waals surface area contributed by atoms with Gasteiger partial charge in [-0.25, -0.2) is 9.78 Å². The van der Waals surface area contributed by atoms with Crippen molar-refractivity contribution < 1.29 is 27.9 Å². The summed E-state index contributed by atoms with van der Waals surface area (Å²) in [5, 5.41) is 10.9. The maximum Gasteiger partial charge on any atom is 0.471 e. The molecule has 0 radical (unpaired) electrons. The highest BCUT2D eigenvalue weighted by molar-refractivity contribution is 7.21. The molecule has 1 amide bonds. The lowest BCUT2D eigenvalue weighted by Crippen LogP contribution is -2.30. The average molecular weight is 332 g/mol. The summed E-state index contributed by atoms with van der Waals surface area (Å²) < 4.78 is 37.1. The first-order valence-corrected chi connectivity index (χ1v) is 6.97. The van der Waals surface area contributed by atoms with Crippen LogP contribution in [-0.2, 0) is 4.79 Å². The lowest BCUT2D eigenvalue weighted by Gasteiger charge is -2.08. The molecule has 0 bridgehead atoms. The molecule has 0 saturated heterocycles. The predicted octanol–water partition coefficient (Wildman–Crippen LogP) is 3.62. The van der Waals surface area contributed by atoms with Crippen LogP contribution >= 0.6 is 11.3 Å². The van der Waals surface area contributed by atoms with Crippen molar-refractivity contribution in [3.63, 3.8) is 0 Å². The SMILES string of the molecule is CC(C)c1ccc2c(NC(=O)C(F)(F)F)c(C(=O)O)sc2n1. The minimum absolute atomic E-state index is 0.0768. The molecule has 0 aliphatic rings. The minimum atomic E-state index is -5.10. The Morgan fingerprint density at radius 3 is 2.45 bits per heavy atom. The molecule has 2 aromatic heterocycles. The number of alkyl halides is 3. The van der Waals surface area contributed by atoms with Gasteiger partial charge in [0.15, 0.2) is 0 Å². The highest BCUT2D eigenvalue weighted by Gasteiger charge is 2.40. The summed E-state index contributed by atoms with van der Waals surface area (Å²) in [7, 11) is 0. The Kier molecular flexibility index (Phi) is 4.10. The van der Waals surface area contributed by atoms with Crippen LogP contribution in [0, 0.1) is 0 Å². The van der Waals surface area contributed by atoms with E-state index in [-0.39, 0.29) is 26.7 Å². The van der Waals surface area contributed by atoms with Crippen molar-refractivity contribution >= 4 is 39.1 Å². The van der Waals surface area contributed by atoms with Crippen molar-refractivity contribution in [2.75, 3.05) is 5.32 Å². The molecule has 0 spiro atoms. The number of carbonyl (C=O) groups is 2. The predicted molar refractivity (Wildman–Crippen MR) is 75.4 cm³/mol. The number of fused-ring (bicyclic) bond motifs is 1. The molecule has 5 nitrogen and oxygen atoms in total. The Hall–Kier alpha value is -2.16. The number of thiophene rings is 1. The van der Waals surface area contributed by atoms with Gasteiger partial charge < -0.3 is 10.4 Å². The van der Waals surface area contributed by atoms with Gasteiger partial charge >= 0.3 is 18.1 Å². The summed E-state index contributed by atoms with van der Waals surface area (Å²) in [6, 6.07) is 3.06. The normalized spacial score (nSPS) is 11.9. The van der Waals surface area contributed by atoms with E-state index in [1.54, 1.807) is 11.4 Å². The van der Waals surface area contributed by atoms with Crippen LogP contribution in [0.4, 0.5) is 18.9 Å². The van der Waals surface area contributed by atoms with Crippen molar-refractivity contribution in [2.24, 2.45) is 0 Å². The molecule has 0 atom stereocenters. The number of carbonyl (C=O) groups excluding carboxylic acids is 1. The molecule has 0 aromatic carbocycles. The quantitative estimate of drug-likeness (QED) is 0.900. The number of amides is 1. The van der Waals surface area contributed by atoms with Gasteiger partial charge in [-0.1, -0.05) is 13.8 Å². The van der Waals surface area contributed by atoms with Crippen molar-refractivity contribution in [3.05, 3.63) is 22.7 Å². The molecule has 2 N–H and O–H groups in total. The fourth-order valence-electron chi connectivity index (χ4n) is 1.77. The number of carboxylic acids is 1. The minimum Gasteiger partial charge on any atom is -0.477 e. The molecule has 2 aromatic rings. The van der Waals surface area contributed by atoms with Gasteiger partial charge in [0.1, 0.15) is 9.71 Å². The number of nitrogens with zero attached hydrogens (tertiary/aromatic N) is 1. The van der Waals surface area contributed by atoms with Gasteiger partial charge in [-0.05, 0) is 18.1 Å². The Balaban J connectivity index is 2.58. The van der Waals surface area contributed by atoms with E-state index in [9.17, 15) is 22.8 Å². The third-order valence-electron chi connectivity index (χ3n) is 2.86. The standard InChI is InChI=1S/C13H11F3N2O3S/c1-5(2)7-4-3-6-8(18-12(21)13(14,15)16)9(11(19)20)22-10(6)17-7/h3-5H,1-2H3,(H,18,21)(H,19,20). The fourth-order valence-corrected chi connectivity index (χ4v) is 2.75. The number of hydrogen-bond donors (Lipinski definition) is 2. The Morgan fingerprint density at radius 2 is 1.95 bits per heavy atom. The second-order valence-electron chi connectivity index (χ2n) is 4.81. The lowest BCUT2D eigenvalue weighted by atomic mass is 10.1. The van der Waals surface area contributed by atoms with E-state index < -0.39 is 18.1 Å². The summed E-state index contributed by atoms with van der Waals surface area (Å²) in [4.78, 5) is 26.4. The molecule has 22 heavy (non-hydrogen) atoms. The third-order valence-corrected chi connectivity index (χ3v) is 3.95. The van der Waals surface area contributed by atoms with Crippen molar-refractivity contribution in [1.29, 1.82) is 0 Å². The van der Waals surface area contributed by atoms with Crippen LogP contribution < -0.4 is 5.32 Å². The van der Waals surface area contributed by atoms with E-state index in [4.69, 9.17) is 5.11 Å². The monoisotopic (exact) mass is 332 g/mol. The molecule has 2 rings (SSSR count). The van der Waals surface area contributed by atoms with Crippen LogP contribution in [0.3, 0.4) is 0 Å². The molecule has 2 heterocycles. The van der Waals surface area contributed by atoms with Crippen molar-refractivity contribution in [1.82, 2.24) is 4.98 Å². The molecule has 0 aliphatic heterocycles. The molecule has 0 fully saturated rings. The van der Waals surface area contributed by atoms with E-state index in [1.807, 2.05) is 13.8 Å². The van der Waals surface area contributed by atoms with Gasteiger partial charge in [-0.2, -0.15) is 13.2 Å². The van der Waals surface area contributed by atoms with E-state index in [2.05, 4.69) is 4.98 Å². The summed E-state index contributed by atoms with van der Waals surface area (Å²) in [5.41, 5.74) is 0.303. The zero-order valence-corrected chi connectivity index (χ0v) is 12.3. The smallest absolute Gasteiger partial charge is 0.471 e. The lowest BCUT2D eigenvalue weighted by molar-refractivity contribution is -0.167. The third kappa shape index (κ3) is 3.03. The molecular weight excluding hydrogens is 321 g/mol. The number of rotatable bonds is 3. The van der Waals surface area contributed by atoms with Crippen molar-refractivity contribution in [3.8, 4) is 0 Å². The maximum atomic E-state index is 12.4. The van der Waals surface area contributed by atoms with E-state index in [0.717, 1.165) is 11.3 Å². The summed E-state index contributed by atoms with van der Waals surface area (Å²) in [6.07, 6.45) is -5.10. The van der Waals surface area contributed by atoms with Crippen LogP contribution in [-0.4, -0.2) is 28.1 Å². The number of pyridine rings is 1. The summed E-state index contributed by atoms with van der Waals surface area (Å²) >= 11 is 0.723. The first-order valence-electron chi connectivity index (χ1n) is 6.16. The van der Waals surface area contributed by atoms with E-state index in [1.165, 1.54) is 6.07 Å². The second kappa shape index (κ2) is 5.56. The molecular formula is C13H11F3N2O3S. The Labute approximate surface area is 126 Å². The molecule has 0 unspecified atom stereocenters. The maximum absolute atomic E-state index is 12.4. The zero-order chi connectivity index (χ0) is 16.7. The number of nitrogens with one attached hydrogen (secondary N) is 1. The van der Waals surface area contributed by atoms with E-state index >= 15 is 0 Å². The number of aromatic nitrogens is 1. The van der Waals surface area contributed by atoms with Gasteiger partial charge in [0.25, 0.3) is 0 Å². The number of halogens is 3. The van der Waals surface area contributed by atoms with Gasteiger partial charge in [-0.3, -0.25) is 4.79 Å². The van der Waals surface area contributed by atoms with Crippen LogP contribution in [0.25, 0.3) is 10.2 Å². The van der Waals surface area contributed by atoms with Gasteiger partial charge in [-0.15, -0.1) is 11.3 Å². The van der Waals surface area contributed by atoms with Gasteiger partial charge in [0.2, 0.25) is 0 Å². The number of carboxylic acid groups (broad SMARTS) is 1. The molecule has 118 valence electrons. The van der Waals surface area contributed by atoms with Crippen LogP contribution in [0.5, 0.6) is 0 Å².